The number of nitrogens with zero attached hydrogens (tertiary/aromatic N) is 2. The van der Waals surface area contributed by atoms with E-state index in [1.807, 2.05) is 27.1 Å². The van der Waals surface area contributed by atoms with Gasteiger partial charge in [-0.15, -0.1) is 0 Å². The van der Waals surface area contributed by atoms with E-state index >= 15 is 0 Å². The van der Waals surface area contributed by atoms with Crippen molar-refractivity contribution in [3.8, 4) is 0 Å². The van der Waals surface area contributed by atoms with Crippen molar-refractivity contribution >= 4 is 5.69 Å². The van der Waals surface area contributed by atoms with Gasteiger partial charge in [0.05, 0.1) is 23.2 Å². The van der Waals surface area contributed by atoms with Crippen LogP contribution in [0.5, 0.6) is 0 Å². The second-order valence-electron chi connectivity index (χ2n) is 5.52. The van der Waals surface area contributed by atoms with E-state index in [9.17, 15) is 5.11 Å². The first-order valence-electron chi connectivity index (χ1n) is 7.01. The minimum absolute atomic E-state index is 0.304. The lowest BCUT2D eigenvalue weighted by Crippen LogP contribution is -2.38. The Morgan fingerprint density at radius 2 is 2.05 bits per heavy atom. The van der Waals surface area contributed by atoms with Crippen LogP contribution in [-0.2, 0) is 0 Å². The minimum Gasteiger partial charge on any atom is -0.389 e. The molecule has 1 aromatic rings. The predicted octanol–water partition coefficient (Wildman–Crippen LogP) is 2.35. The molecule has 0 spiro atoms. The summed E-state index contributed by atoms with van der Waals surface area (Å²) in [6.45, 7) is 9.34. The molecule has 2 N–H and O–H groups in total. The van der Waals surface area contributed by atoms with Crippen LogP contribution in [0.4, 0.5) is 5.69 Å². The molecule has 1 rings (SSSR count). The highest BCUT2D eigenvalue weighted by Crippen LogP contribution is 2.19. The standard InChI is InChI=1S/C15H27N3O/c1-6-13(16-5)14-9-8-12(10-17-14)18(7-2)11-15(3,4)19/h8-10,13,16,19H,6-7,11H2,1-5H3. The Morgan fingerprint density at radius 3 is 2.42 bits per heavy atom. The Kier molecular flexibility index (Phi) is 5.76. The van der Waals surface area contributed by atoms with Gasteiger partial charge in [0.15, 0.2) is 0 Å². The zero-order valence-electron chi connectivity index (χ0n) is 12.8. The molecule has 0 radical (unpaired) electrons. The zero-order chi connectivity index (χ0) is 14.5. The number of pyridine rings is 1. The lowest BCUT2D eigenvalue weighted by molar-refractivity contribution is 0.0876. The summed E-state index contributed by atoms with van der Waals surface area (Å²) in [4.78, 5) is 6.67. The van der Waals surface area contributed by atoms with Gasteiger partial charge in [-0.1, -0.05) is 6.92 Å². The fourth-order valence-electron chi connectivity index (χ4n) is 2.20. The summed E-state index contributed by atoms with van der Waals surface area (Å²) in [5.41, 5.74) is 1.42. The van der Waals surface area contributed by atoms with Crippen molar-refractivity contribution < 1.29 is 5.11 Å². The molecule has 1 heterocycles. The van der Waals surface area contributed by atoms with Gasteiger partial charge in [0.2, 0.25) is 0 Å². The summed E-state index contributed by atoms with van der Waals surface area (Å²) in [5, 5.41) is 13.2. The van der Waals surface area contributed by atoms with Crippen LogP contribution < -0.4 is 10.2 Å². The Labute approximate surface area is 116 Å². The van der Waals surface area contributed by atoms with E-state index in [1.54, 1.807) is 0 Å². The number of nitrogens with one attached hydrogen (secondary N) is 1. The molecule has 0 bridgehead atoms. The Bertz CT molecular complexity index is 366. The number of aromatic nitrogens is 1. The van der Waals surface area contributed by atoms with Crippen molar-refractivity contribution in [3.05, 3.63) is 24.0 Å². The quantitative estimate of drug-likeness (QED) is 0.794. The maximum absolute atomic E-state index is 9.93. The molecule has 1 atom stereocenters. The third kappa shape index (κ3) is 4.80. The van der Waals surface area contributed by atoms with E-state index in [2.05, 4.69) is 41.2 Å². The van der Waals surface area contributed by atoms with Crippen LogP contribution in [-0.4, -0.2) is 35.8 Å². The van der Waals surface area contributed by atoms with E-state index < -0.39 is 5.60 Å². The summed E-state index contributed by atoms with van der Waals surface area (Å²) in [6.07, 6.45) is 2.91. The summed E-state index contributed by atoms with van der Waals surface area (Å²) < 4.78 is 0. The first kappa shape index (κ1) is 15.9. The van der Waals surface area contributed by atoms with Gasteiger partial charge >= 0.3 is 0 Å². The molecular weight excluding hydrogens is 238 g/mol. The highest BCUT2D eigenvalue weighted by atomic mass is 16.3. The first-order valence-corrected chi connectivity index (χ1v) is 7.01. The molecule has 0 amide bonds. The maximum atomic E-state index is 9.93. The molecule has 0 saturated heterocycles. The Balaban J connectivity index is 2.84. The average molecular weight is 265 g/mol. The lowest BCUT2D eigenvalue weighted by Gasteiger charge is -2.29. The van der Waals surface area contributed by atoms with Crippen LogP contribution in [0.2, 0.25) is 0 Å². The van der Waals surface area contributed by atoms with Crippen LogP contribution in [0.3, 0.4) is 0 Å². The maximum Gasteiger partial charge on any atom is 0.0765 e. The third-order valence-electron chi connectivity index (χ3n) is 3.21. The number of hydrogen-bond donors (Lipinski definition) is 2. The number of hydrogen-bond acceptors (Lipinski definition) is 4. The van der Waals surface area contributed by atoms with E-state index in [-0.39, 0.29) is 0 Å². The van der Waals surface area contributed by atoms with Crippen molar-refractivity contribution in [2.45, 2.75) is 45.8 Å². The molecule has 0 saturated carbocycles. The topological polar surface area (TPSA) is 48.4 Å². The van der Waals surface area contributed by atoms with Crippen molar-refractivity contribution in [1.29, 1.82) is 0 Å². The molecule has 0 fully saturated rings. The summed E-state index contributed by atoms with van der Waals surface area (Å²) in [5.74, 6) is 0. The number of aliphatic hydroxyl groups is 1. The Hall–Kier alpha value is -1.13. The van der Waals surface area contributed by atoms with Crippen LogP contribution in [0, 0.1) is 0 Å². The molecule has 0 aromatic carbocycles. The SMILES string of the molecule is CCC(NC)c1ccc(N(CC)CC(C)(C)O)cn1. The van der Waals surface area contributed by atoms with Gasteiger partial charge in [0.25, 0.3) is 0 Å². The molecule has 1 aromatic heterocycles. The largest absolute Gasteiger partial charge is 0.389 e. The third-order valence-corrected chi connectivity index (χ3v) is 3.21. The molecule has 108 valence electrons. The summed E-state index contributed by atoms with van der Waals surface area (Å²) in [7, 11) is 1.95. The lowest BCUT2D eigenvalue weighted by atomic mass is 10.1. The highest BCUT2D eigenvalue weighted by Gasteiger charge is 2.18. The average Bonchev–Trinajstić information content (AvgIpc) is 2.37. The fourth-order valence-corrected chi connectivity index (χ4v) is 2.20. The summed E-state index contributed by atoms with van der Waals surface area (Å²) >= 11 is 0. The van der Waals surface area contributed by atoms with E-state index in [0.29, 0.717) is 12.6 Å². The van der Waals surface area contributed by atoms with Crippen molar-refractivity contribution in [1.82, 2.24) is 10.3 Å². The number of rotatable bonds is 7. The van der Waals surface area contributed by atoms with E-state index in [1.165, 1.54) is 0 Å². The van der Waals surface area contributed by atoms with Crippen molar-refractivity contribution in [2.24, 2.45) is 0 Å². The zero-order valence-corrected chi connectivity index (χ0v) is 12.8. The molecule has 0 aliphatic rings. The van der Waals surface area contributed by atoms with Gasteiger partial charge in [0.1, 0.15) is 0 Å². The normalized spacial score (nSPS) is 13.4. The molecule has 4 heteroatoms. The highest BCUT2D eigenvalue weighted by molar-refractivity contribution is 5.45. The van der Waals surface area contributed by atoms with Gasteiger partial charge in [-0.2, -0.15) is 0 Å². The molecule has 0 aliphatic heterocycles. The minimum atomic E-state index is -0.703. The molecule has 19 heavy (non-hydrogen) atoms. The van der Waals surface area contributed by atoms with Crippen molar-refractivity contribution in [2.75, 3.05) is 25.0 Å². The van der Waals surface area contributed by atoms with E-state index in [4.69, 9.17) is 0 Å². The van der Waals surface area contributed by atoms with Gasteiger partial charge in [-0.25, -0.2) is 0 Å². The van der Waals surface area contributed by atoms with Gasteiger partial charge in [-0.3, -0.25) is 4.98 Å². The van der Waals surface area contributed by atoms with Gasteiger partial charge in [-0.05, 0) is 46.4 Å². The number of anilines is 1. The number of likely N-dealkylation sites (N-methyl/N-ethyl adjacent to an activating group) is 1. The van der Waals surface area contributed by atoms with Crippen LogP contribution in [0.25, 0.3) is 0 Å². The smallest absolute Gasteiger partial charge is 0.0765 e. The molecule has 4 nitrogen and oxygen atoms in total. The first-order chi connectivity index (χ1) is 8.91. The predicted molar refractivity (Wildman–Crippen MR) is 80.5 cm³/mol. The van der Waals surface area contributed by atoms with Crippen molar-refractivity contribution in [3.63, 3.8) is 0 Å². The molecule has 1 unspecified atom stereocenters. The Morgan fingerprint density at radius 1 is 1.37 bits per heavy atom. The fraction of sp³-hybridized carbons (Fsp3) is 0.667. The second-order valence-corrected chi connectivity index (χ2v) is 5.52. The summed E-state index contributed by atoms with van der Waals surface area (Å²) in [6, 6.07) is 4.45. The van der Waals surface area contributed by atoms with Gasteiger partial charge < -0.3 is 15.3 Å². The van der Waals surface area contributed by atoms with Crippen LogP contribution in [0.15, 0.2) is 18.3 Å². The van der Waals surface area contributed by atoms with Gasteiger partial charge in [0, 0.05) is 19.1 Å². The van der Waals surface area contributed by atoms with E-state index in [0.717, 1.165) is 24.3 Å². The van der Waals surface area contributed by atoms with Crippen LogP contribution in [0.1, 0.15) is 45.9 Å². The monoisotopic (exact) mass is 265 g/mol. The van der Waals surface area contributed by atoms with Crippen LogP contribution >= 0.6 is 0 Å². The molecular formula is C15H27N3O. The second kappa shape index (κ2) is 6.87. The molecule has 0 aliphatic carbocycles.